The molecule has 0 atom stereocenters. The Morgan fingerprint density at radius 3 is 1.80 bits per heavy atom. The number of hydrogen-bond donors (Lipinski definition) is 0. The standard InChI is InChI=1S/C7H7Cl3N2O2S/c1-3(2)15(13,14)4-5(8)11-7(10)12-6(4)9/h3H,1-2H3. The van der Waals surface area contributed by atoms with Gasteiger partial charge in [0.25, 0.3) is 0 Å². The summed E-state index contributed by atoms with van der Waals surface area (Å²) >= 11 is 16.8. The van der Waals surface area contributed by atoms with E-state index in [9.17, 15) is 8.42 Å². The lowest BCUT2D eigenvalue weighted by atomic mass is 10.6. The highest BCUT2D eigenvalue weighted by Crippen LogP contribution is 2.30. The Kier molecular flexibility index (Phi) is 3.81. The molecule has 0 spiro atoms. The zero-order chi connectivity index (χ0) is 11.8. The third-order valence-corrected chi connectivity index (χ3v) is 4.80. The van der Waals surface area contributed by atoms with E-state index < -0.39 is 15.1 Å². The van der Waals surface area contributed by atoms with Crippen molar-refractivity contribution in [1.29, 1.82) is 0 Å². The average Bonchev–Trinajstić information content (AvgIpc) is 2.00. The molecule has 0 aliphatic rings. The maximum absolute atomic E-state index is 11.8. The quantitative estimate of drug-likeness (QED) is 0.620. The third kappa shape index (κ3) is 2.53. The minimum Gasteiger partial charge on any atom is -0.223 e. The number of hydrogen-bond acceptors (Lipinski definition) is 4. The maximum Gasteiger partial charge on any atom is 0.225 e. The average molecular weight is 290 g/mol. The molecule has 8 heteroatoms. The molecule has 84 valence electrons. The molecule has 15 heavy (non-hydrogen) atoms. The van der Waals surface area contributed by atoms with E-state index in [0.29, 0.717) is 0 Å². The predicted molar refractivity (Wildman–Crippen MR) is 59.4 cm³/mol. The van der Waals surface area contributed by atoms with Gasteiger partial charge in [-0.05, 0) is 25.4 Å². The van der Waals surface area contributed by atoms with Crippen molar-refractivity contribution in [2.45, 2.75) is 24.0 Å². The summed E-state index contributed by atoms with van der Waals surface area (Å²) in [6, 6.07) is 0. The number of nitrogens with zero attached hydrogens (tertiary/aromatic N) is 2. The van der Waals surface area contributed by atoms with Gasteiger partial charge >= 0.3 is 0 Å². The SMILES string of the molecule is CC(C)S(=O)(=O)c1c(Cl)nc(Cl)nc1Cl. The summed E-state index contributed by atoms with van der Waals surface area (Å²) in [6.45, 7) is 3.02. The number of rotatable bonds is 2. The molecule has 1 heterocycles. The summed E-state index contributed by atoms with van der Waals surface area (Å²) < 4.78 is 23.6. The lowest BCUT2D eigenvalue weighted by Crippen LogP contribution is -2.16. The van der Waals surface area contributed by atoms with Gasteiger partial charge in [0.1, 0.15) is 4.90 Å². The van der Waals surface area contributed by atoms with Gasteiger partial charge in [-0.1, -0.05) is 23.2 Å². The molecule has 0 radical (unpaired) electrons. The first-order valence-electron chi connectivity index (χ1n) is 3.89. The molecule has 0 bridgehead atoms. The smallest absolute Gasteiger partial charge is 0.223 e. The van der Waals surface area contributed by atoms with Crippen LogP contribution in [-0.4, -0.2) is 23.6 Å². The zero-order valence-corrected chi connectivity index (χ0v) is 10.9. The molecule has 1 rings (SSSR count). The van der Waals surface area contributed by atoms with E-state index in [-0.39, 0.29) is 20.5 Å². The first kappa shape index (κ1) is 13.0. The molecular weight excluding hydrogens is 283 g/mol. The zero-order valence-electron chi connectivity index (χ0n) is 7.83. The van der Waals surface area contributed by atoms with E-state index >= 15 is 0 Å². The van der Waals surface area contributed by atoms with Crippen molar-refractivity contribution in [3.63, 3.8) is 0 Å². The number of aromatic nitrogens is 2. The molecule has 0 saturated heterocycles. The van der Waals surface area contributed by atoms with E-state index in [0.717, 1.165) is 0 Å². The van der Waals surface area contributed by atoms with Gasteiger partial charge in [0.2, 0.25) is 5.28 Å². The van der Waals surface area contributed by atoms with Crippen LogP contribution in [0.3, 0.4) is 0 Å². The van der Waals surface area contributed by atoms with Crippen LogP contribution >= 0.6 is 34.8 Å². The Bertz CT molecular complexity index is 464. The molecule has 1 aromatic rings. The second-order valence-corrected chi connectivity index (χ2v) is 6.49. The minimum absolute atomic E-state index is 0.187. The van der Waals surface area contributed by atoms with Crippen molar-refractivity contribution < 1.29 is 8.42 Å². The monoisotopic (exact) mass is 288 g/mol. The molecule has 0 aromatic carbocycles. The van der Waals surface area contributed by atoms with E-state index in [1.165, 1.54) is 13.8 Å². The fraction of sp³-hybridized carbons (Fsp3) is 0.429. The third-order valence-electron chi connectivity index (χ3n) is 1.66. The van der Waals surface area contributed by atoms with Crippen molar-refractivity contribution in [3.05, 3.63) is 15.6 Å². The Labute approximate surface area is 103 Å². The molecule has 4 nitrogen and oxygen atoms in total. The highest BCUT2D eigenvalue weighted by molar-refractivity contribution is 7.92. The predicted octanol–water partition coefficient (Wildman–Crippen LogP) is 2.62. The van der Waals surface area contributed by atoms with E-state index in [1.54, 1.807) is 0 Å². The lowest BCUT2D eigenvalue weighted by molar-refractivity contribution is 0.586. The van der Waals surface area contributed by atoms with Gasteiger partial charge in [0.05, 0.1) is 5.25 Å². The maximum atomic E-state index is 11.8. The first-order chi connectivity index (χ1) is 6.76. The van der Waals surface area contributed by atoms with Crippen molar-refractivity contribution >= 4 is 44.6 Å². The fourth-order valence-corrected chi connectivity index (χ4v) is 3.16. The molecular formula is C7H7Cl3N2O2S. The van der Waals surface area contributed by atoms with Crippen LogP contribution in [-0.2, 0) is 9.84 Å². The van der Waals surface area contributed by atoms with Gasteiger partial charge in [-0.15, -0.1) is 0 Å². The summed E-state index contributed by atoms with van der Waals surface area (Å²) in [5.41, 5.74) is 0. The number of halogens is 3. The van der Waals surface area contributed by atoms with E-state index in [1.807, 2.05) is 0 Å². The van der Waals surface area contributed by atoms with Gasteiger partial charge < -0.3 is 0 Å². The molecule has 0 aliphatic heterocycles. The van der Waals surface area contributed by atoms with Crippen molar-refractivity contribution in [3.8, 4) is 0 Å². The summed E-state index contributed by atoms with van der Waals surface area (Å²) in [5.74, 6) is 0. The normalized spacial score (nSPS) is 12.1. The highest BCUT2D eigenvalue weighted by atomic mass is 35.5. The van der Waals surface area contributed by atoms with Crippen LogP contribution in [0.4, 0.5) is 0 Å². The topological polar surface area (TPSA) is 59.9 Å². The van der Waals surface area contributed by atoms with Gasteiger partial charge in [0.15, 0.2) is 20.1 Å². The lowest BCUT2D eigenvalue weighted by Gasteiger charge is -2.09. The van der Waals surface area contributed by atoms with Crippen LogP contribution in [0.25, 0.3) is 0 Å². The van der Waals surface area contributed by atoms with Crippen LogP contribution in [0, 0.1) is 0 Å². The van der Waals surface area contributed by atoms with Crippen LogP contribution in [0.5, 0.6) is 0 Å². The van der Waals surface area contributed by atoms with Crippen LogP contribution in [0.1, 0.15) is 13.8 Å². The minimum atomic E-state index is -3.60. The second kappa shape index (κ2) is 4.41. The first-order valence-corrected chi connectivity index (χ1v) is 6.57. The van der Waals surface area contributed by atoms with Gasteiger partial charge in [-0.25, -0.2) is 18.4 Å². The van der Waals surface area contributed by atoms with Crippen LogP contribution < -0.4 is 0 Å². The Morgan fingerprint density at radius 1 is 1.07 bits per heavy atom. The Hall–Kier alpha value is -0.100. The second-order valence-electron chi connectivity index (χ2n) is 3.00. The van der Waals surface area contributed by atoms with Crippen molar-refractivity contribution in [2.75, 3.05) is 0 Å². The molecule has 1 aromatic heterocycles. The molecule has 0 saturated carbocycles. The van der Waals surface area contributed by atoms with Gasteiger partial charge in [-0.2, -0.15) is 0 Å². The van der Waals surface area contributed by atoms with Crippen molar-refractivity contribution in [1.82, 2.24) is 9.97 Å². The molecule has 0 N–H and O–H groups in total. The van der Waals surface area contributed by atoms with Crippen molar-refractivity contribution in [2.24, 2.45) is 0 Å². The summed E-state index contributed by atoms with van der Waals surface area (Å²) in [5, 5.41) is -1.35. The summed E-state index contributed by atoms with van der Waals surface area (Å²) in [7, 11) is -3.60. The van der Waals surface area contributed by atoms with E-state index in [2.05, 4.69) is 9.97 Å². The largest absolute Gasteiger partial charge is 0.225 e. The van der Waals surface area contributed by atoms with E-state index in [4.69, 9.17) is 34.8 Å². The Balaban J connectivity index is 3.52. The molecule has 0 aliphatic carbocycles. The number of sulfone groups is 1. The summed E-state index contributed by atoms with van der Waals surface area (Å²) in [6.07, 6.45) is 0. The molecule has 0 fully saturated rings. The Morgan fingerprint density at radius 2 is 1.47 bits per heavy atom. The van der Waals surface area contributed by atoms with Crippen LogP contribution in [0.2, 0.25) is 15.6 Å². The highest BCUT2D eigenvalue weighted by Gasteiger charge is 2.27. The molecule has 0 unspecified atom stereocenters. The van der Waals surface area contributed by atoms with Gasteiger partial charge in [0, 0.05) is 0 Å². The summed E-state index contributed by atoms with van der Waals surface area (Å²) in [4.78, 5) is 6.81. The fourth-order valence-electron chi connectivity index (χ4n) is 0.844. The van der Waals surface area contributed by atoms with Gasteiger partial charge in [-0.3, -0.25) is 0 Å². The van der Waals surface area contributed by atoms with Crippen LogP contribution in [0.15, 0.2) is 4.90 Å². The molecule has 0 amide bonds.